The van der Waals surface area contributed by atoms with Crippen LogP contribution in [0.1, 0.15) is 56.0 Å². The number of rotatable bonds is 3. The fourth-order valence-corrected chi connectivity index (χ4v) is 4.60. The van der Waals surface area contributed by atoms with Gasteiger partial charge in [-0.05, 0) is 39.7 Å². The number of fused-ring (bicyclic) bond motifs is 1. The van der Waals surface area contributed by atoms with Crippen LogP contribution < -0.4 is 0 Å². The predicted octanol–water partition coefficient (Wildman–Crippen LogP) is 3.51. The van der Waals surface area contributed by atoms with Crippen LogP contribution in [0.5, 0.6) is 0 Å². The lowest BCUT2D eigenvalue weighted by Crippen LogP contribution is -2.42. The first kappa shape index (κ1) is 21.6. The van der Waals surface area contributed by atoms with Crippen LogP contribution in [0, 0.1) is 12.8 Å². The molecular weight excluding hydrogens is 413 g/mol. The second-order valence-corrected chi connectivity index (χ2v) is 8.68. The summed E-state index contributed by atoms with van der Waals surface area (Å²) in [5.41, 5.74) is -0.435. The molecule has 2 amide bonds. The molecular formula is C21H25F3N4O3. The van der Waals surface area contributed by atoms with Crippen LogP contribution in [-0.4, -0.2) is 57.4 Å². The van der Waals surface area contributed by atoms with Gasteiger partial charge >= 0.3 is 6.18 Å². The molecule has 2 aromatic rings. The third-order valence-corrected chi connectivity index (χ3v) is 6.30. The molecule has 4 heterocycles. The number of carbonyl (C=O) groups is 2. The number of piperidine rings is 1. The molecule has 2 aromatic heterocycles. The van der Waals surface area contributed by atoms with Gasteiger partial charge in [-0.25, -0.2) is 4.98 Å². The van der Waals surface area contributed by atoms with Crippen molar-refractivity contribution in [3.63, 3.8) is 0 Å². The number of pyridine rings is 1. The molecule has 7 nitrogen and oxygen atoms in total. The highest BCUT2D eigenvalue weighted by Gasteiger charge is 2.39. The summed E-state index contributed by atoms with van der Waals surface area (Å²) < 4.78 is 45.8. The maximum Gasteiger partial charge on any atom is 0.417 e. The molecule has 31 heavy (non-hydrogen) atoms. The van der Waals surface area contributed by atoms with E-state index >= 15 is 0 Å². The zero-order chi connectivity index (χ0) is 22.5. The number of aryl methyl sites for hydroxylation is 1. The number of aromatic nitrogens is 2. The second-order valence-electron chi connectivity index (χ2n) is 8.68. The van der Waals surface area contributed by atoms with Crippen LogP contribution in [0.3, 0.4) is 0 Å². The van der Waals surface area contributed by atoms with Gasteiger partial charge in [0.15, 0.2) is 0 Å². The molecule has 0 N–H and O–H groups in total. The summed E-state index contributed by atoms with van der Waals surface area (Å²) in [6.07, 6.45) is -3.32. The zero-order valence-electron chi connectivity index (χ0n) is 17.7. The largest absolute Gasteiger partial charge is 0.417 e. The van der Waals surface area contributed by atoms with E-state index in [1.54, 1.807) is 9.80 Å². The number of likely N-dealkylation sites (tertiary alicyclic amines) is 2. The fraction of sp³-hybridized carbons (Fsp3) is 0.619. The van der Waals surface area contributed by atoms with E-state index in [1.807, 2.05) is 13.8 Å². The molecule has 168 valence electrons. The zero-order valence-corrected chi connectivity index (χ0v) is 17.7. The molecule has 0 aromatic carbocycles. The van der Waals surface area contributed by atoms with E-state index in [1.165, 1.54) is 6.92 Å². The summed E-state index contributed by atoms with van der Waals surface area (Å²) in [6, 6.07) is 1.14. The van der Waals surface area contributed by atoms with E-state index in [9.17, 15) is 22.8 Å². The molecule has 2 aliphatic rings. The van der Waals surface area contributed by atoms with Gasteiger partial charge in [0.25, 0.3) is 5.71 Å². The van der Waals surface area contributed by atoms with Gasteiger partial charge in [0.1, 0.15) is 0 Å². The maximum absolute atomic E-state index is 13.6. The van der Waals surface area contributed by atoms with Crippen molar-refractivity contribution in [3.05, 3.63) is 23.0 Å². The van der Waals surface area contributed by atoms with Gasteiger partial charge in [0, 0.05) is 43.7 Å². The van der Waals surface area contributed by atoms with Crippen LogP contribution in [-0.2, 0) is 15.8 Å². The normalized spacial score (nSPS) is 21.0. The van der Waals surface area contributed by atoms with Crippen LogP contribution >= 0.6 is 0 Å². The minimum atomic E-state index is -4.54. The number of amides is 2. The van der Waals surface area contributed by atoms with Gasteiger partial charge in [-0.15, -0.1) is 0 Å². The average molecular weight is 438 g/mol. The number of hydrogen-bond donors (Lipinski definition) is 0. The summed E-state index contributed by atoms with van der Waals surface area (Å²) >= 11 is 0. The van der Waals surface area contributed by atoms with Gasteiger partial charge in [-0.1, -0.05) is 5.16 Å². The molecule has 0 bridgehead atoms. The van der Waals surface area contributed by atoms with Crippen LogP contribution in [0.4, 0.5) is 13.2 Å². The van der Waals surface area contributed by atoms with Crippen molar-refractivity contribution in [2.45, 2.75) is 58.2 Å². The number of carbonyl (C=O) groups excluding carboxylic acids is 2. The first-order valence-corrected chi connectivity index (χ1v) is 10.5. The smallest absolute Gasteiger partial charge is 0.342 e. The highest BCUT2D eigenvalue weighted by molar-refractivity contribution is 5.89. The Kier molecular flexibility index (Phi) is 5.43. The molecule has 4 rings (SSSR count). The summed E-state index contributed by atoms with van der Waals surface area (Å²) in [7, 11) is 0. The van der Waals surface area contributed by atoms with E-state index in [4.69, 9.17) is 4.52 Å². The number of alkyl halides is 3. The Morgan fingerprint density at radius 2 is 1.94 bits per heavy atom. The first-order chi connectivity index (χ1) is 14.6. The Balaban J connectivity index is 1.47. The van der Waals surface area contributed by atoms with Gasteiger partial charge in [0.05, 0.1) is 22.6 Å². The van der Waals surface area contributed by atoms with Crippen molar-refractivity contribution in [1.29, 1.82) is 0 Å². The molecule has 1 unspecified atom stereocenters. The fourth-order valence-electron chi connectivity index (χ4n) is 4.60. The Labute approximate surface area is 177 Å². The van der Waals surface area contributed by atoms with Gasteiger partial charge < -0.3 is 14.3 Å². The Morgan fingerprint density at radius 3 is 2.52 bits per heavy atom. The quantitative estimate of drug-likeness (QED) is 0.733. The third-order valence-electron chi connectivity index (χ3n) is 6.30. The molecule has 0 aliphatic carbocycles. The Bertz CT molecular complexity index is 1010. The lowest BCUT2D eigenvalue weighted by Gasteiger charge is -2.33. The molecule has 0 saturated carbocycles. The molecule has 0 radical (unpaired) electrons. The molecule has 2 aliphatic heterocycles. The molecule has 0 spiro atoms. The van der Waals surface area contributed by atoms with E-state index in [2.05, 4.69) is 10.1 Å². The molecule has 1 atom stereocenters. The standard InChI is InChI=1S/C21H25F3N4O3/c1-11(2)28-10-14(8-17(28)29)20(30)27-6-4-13(5-7-27)16-9-15(21(22,23)24)18-12(3)26-31-19(18)25-16/h9,11,13-14H,4-8,10H2,1-3H3. The van der Waals surface area contributed by atoms with Crippen LogP contribution in [0.25, 0.3) is 11.1 Å². The monoisotopic (exact) mass is 438 g/mol. The number of hydrogen-bond acceptors (Lipinski definition) is 5. The van der Waals surface area contributed by atoms with Gasteiger partial charge in [-0.3, -0.25) is 9.59 Å². The van der Waals surface area contributed by atoms with E-state index in [0.29, 0.717) is 38.2 Å². The third kappa shape index (κ3) is 3.99. The van der Waals surface area contributed by atoms with Crippen molar-refractivity contribution in [3.8, 4) is 0 Å². The second kappa shape index (κ2) is 7.80. The minimum absolute atomic E-state index is 0.0113. The summed E-state index contributed by atoms with van der Waals surface area (Å²) in [5.74, 6) is -0.629. The summed E-state index contributed by atoms with van der Waals surface area (Å²) in [4.78, 5) is 32.7. The topological polar surface area (TPSA) is 79.5 Å². The molecule has 2 saturated heterocycles. The van der Waals surface area contributed by atoms with Crippen molar-refractivity contribution in [2.75, 3.05) is 19.6 Å². The van der Waals surface area contributed by atoms with Crippen molar-refractivity contribution >= 4 is 22.9 Å². The predicted molar refractivity (Wildman–Crippen MR) is 105 cm³/mol. The lowest BCUT2D eigenvalue weighted by atomic mass is 9.91. The van der Waals surface area contributed by atoms with E-state index in [-0.39, 0.29) is 52.9 Å². The van der Waals surface area contributed by atoms with Crippen LogP contribution in [0.15, 0.2) is 10.6 Å². The molecule has 10 heteroatoms. The van der Waals surface area contributed by atoms with Crippen LogP contribution in [0.2, 0.25) is 0 Å². The van der Waals surface area contributed by atoms with Crippen molar-refractivity contribution in [1.82, 2.24) is 19.9 Å². The number of halogens is 3. The number of nitrogens with zero attached hydrogens (tertiary/aromatic N) is 4. The summed E-state index contributed by atoms with van der Waals surface area (Å²) in [6.45, 7) is 6.57. The van der Waals surface area contributed by atoms with E-state index < -0.39 is 11.7 Å². The SMILES string of the molecule is Cc1noc2nc(C3CCN(C(=O)C4CC(=O)N(C(C)C)C4)CC3)cc(C(F)(F)F)c12. The average Bonchev–Trinajstić information content (AvgIpc) is 3.29. The van der Waals surface area contributed by atoms with Crippen molar-refractivity contribution in [2.24, 2.45) is 5.92 Å². The molecule has 2 fully saturated rings. The summed E-state index contributed by atoms with van der Waals surface area (Å²) in [5, 5.41) is 3.53. The van der Waals surface area contributed by atoms with Gasteiger partial charge in [-0.2, -0.15) is 13.2 Å². The Morgan fingerprint density at radius 1 is 1.26 bits per heavy atom. The minimum Gasteiger partial charge on any atom is -0.342 e. The van der Waals surface area contributed by atoms with E-state index in [0.717, 1.165) is 6.07 Å². The maximum atomic E-state index is 13.6. The van der Waals surface area contributed by atoms with Gasteiger partial charge in [0.2, 0.25) is 11.8 Å². The Hall–Kier alpha value is -2.65. The highest BCUT2D eigenvalue weighted by atomic mass is 19.4. The van der Waals surface area contributed by atoms with Crippen molar-refractivity contribution < 1.29 is 27.3 Å². The first-order valence-electron chi connectivity index (χ1n) is 10.5. The lowest BCUT2D eigenvalue weighted by molar-refractivity contribution is -0.137. The highest BCUT2D eigenvalue weighted by Crippen LogP contribution is 2.39.